The molecular weight excluding hydrogens is 98.1 g/mol. The summed E-state index contributed by atoms with van der Waals surface area (Å²) in [5.74, 6) is 0. The van der Waals surface area contributed by atoms with Crippen LogP contribution in [0.3, 0.4) is 0 Å². The van der Waals surface area contributed by atoms with E-state index in [9.17, 15) is 0 Å². The van der Waals surface area contributed by atoms with Crippen LogP contribution >= 0.6 is 0 Å². The second-order valence-electron chi connectivity index (χ2n) is 1.75. The Morgan fingerprint density at radius 3 is 2.75 bits per heavy atom. The fraction of sp³-hybridized carbons (Fsp3) is 0.286. The maximum Gasteiger partial charge on any atom is 0.0988 e. The first-order valence-corrected chi connectivity index (χ1v) is 2.70. The Kier molecular flexibility index (Phi) is 1.48. The van der Waals surface area contributed by atoms with E-state index in [0.717, 1.165) is 18.4 Å². The summed E-state index contributed by atoms with van der Waals surface area (Å²) >= 11 is 0. The maximum atomic E-state index is 8.32. The maximum absolute atomic E-state index is 8.32. The number of nitriles is 1. The largest absolute Gasteiger partial charge is 0.192 e. The first-order valence-electron chi connectivity index (χ1n) is 2.70. The molecule has 0 fully saturated rings. The molecule has 0 spiro atoms. The quantitative estimate of drug-likeness (QED) is 0.460. The fourth-order valence-electron chi connectivity index (χ4n) is 0.696. The van der Waals surface area contributed by atoms with Crippen LogP contribution in [0.5, 0.6) is 0 Å². The molecule has 0 aromatic heterocycles. The zero-order chi connectivity index (χ0) is 5.82. The van der Waals surface area contributed by atoms with Gasteiger partial charge in [-0.1, -0.05) is 12.2 Å². The van der Waals surface area contributed by atoms with Crippen LogP contribution in [0.4, 0.5) is 0 Å². The molecule has 0 aliphatic heterocycles. The van der Waals surface area contributed by atoms with Gasteiger partial charge in [-0.3, -0.25) is 0 Å². The molecule has 1 heteroatoms. The van der Waals surface area contributed by atoms with Crippen LogP contribution in [0, 0.1) is 11.3 Å². The normalized spacial score (nSPS) is 17.1. The lowest BCUT2D eigenvalue weighted by Gasteiger charge is -1.94. The summed E-state index contributed by atoms with van der Waals surface area (Å²) in [6.45, 7) is 0. The van der Waals surface area contributed by atoms with Crippen molar-refractivity contribution in [2.45, 2.75) is 12.8 Å². The molecule has 1 nitrogen and oxygen atoms in total. The first kappa shape index (κ1) is 5.11. The summed E-state index contributed by atoms with van der Waals surface area (Å²) in [7, 11) is 0. The van der Waals surface area contributed by atoms with Crippen molar-refractivity contribution in [3.63, 3.8) is 0 Å². The van der Waals surface area contributed by atoms with E-state index in [1.165, 1.54) is 0 Å². The summed E-state index contributed by atoms with van der Waals surface area (Å²) in [6.07, 6.45) is 7.96. The molecule has 1 aliphatic rings. The Morgan fingerprint density at radius 2 is 2.38 bits per heavy atom. The lowest BCUT2D eigenvalue weighted by molar-refractivity contribution is 1.03. The van der Waals surface area contributed by atoms with Crippen LogP contribution in [0.1, 0.15) is 12.8 Å². The number of rotatable bonds is 0. The minimum atomic E-state index is 0.802. The van der Waals surface area contributed by atoms with Crippen molar-refractivity contribution in [1.29, 1.82) is 5.26 Å². The van der Waals surface area contributed by atoms with Crippen LogP contribution < -0.4 is 0 Å². The van der Waals surface area contributed by atoms with Crippen molar-refractivity contribution in [2.75, 3.05) is 0 Å². The van der Waals surface area contributed by atoms with Gasteiger partial charge in [-0.25, -0.2) is 0 Å². The van der Waals surface area contributed by atoms with Gasteiger partial charge in [-0.05, 0) is 18.9 Å². The second kappa shape index (κ2) is 2.32. The topological polar surface area (TPSA) is 23.8 Å². The van der Waals surface area contributed by atoms with Gasteiger partial charge in [0, 0.05) is 5.57 Å². The van der Waals surface area contributed by atoms with Gasteiger partial charge in [-0.15, -0.1) is 0 Å². The molecule has 0 bridgehead atoms. The average molecular weight is 105 g/mol. The molecule has 0 aromatic rings. The molecule has 0 radical (unpaired) electrons. The van der Waals surface area contributed by atoms with Crippen molar-refractivity contribution in [3.8, 4) is 6.07 Å². The van der Waals surface area contributed by atoms with Gasteiger partial charge in [0.1, 0.15) is 0 Å². The minimum absolute atomic E-state index is 0.802. The zero-order valence-electron chi connectivity index (χ0n) is 4.59. The predicted octanol–water partition coefficient (Wildman–Crippen LogP) is 1.79. The van der Waals surface area contributed by atoms with E-state index in [4.69, 9.17) is 5.26 Å². The molecule has 40 valence electrons. The Hall–Kier alpha value is -1.03. The van der Waals surface area contributed by atoms with Gasteiger partial charge in [0.25, 0.3) is 0 Å². The summed E-state index contributed by atoms with van der Waals surface area (Å²) in [5.41, 5.74) is 0.802. The third kappa shape index (κ3) is 0.974. The second-order valence-corrected chi connectivity index (χ2v) is 1.75. The van der Waals surface area contributed by atoms with Crippen LogP contribution in [0.25, 0.3) is 0 Å². The number of hydrogen-bond acceptors (Lipinski definition) is 1. The van der Waals surface area contributed by atoms with Gasteiger partial charge in [0.2, 0.25) is 0 Å². The summed E-state index contributed by atoms with van der Waals surface area (Å²) in [6, 6.07) is 2.08. The molecule has 0 amide bonds. The molecule has 0 atom stereocenters. The van der Waals surface area contributed by atoms with E-state index in [-0.39, 0.29) is 0 Å². The molecule has 0 heterocycles. The van der Waals surface area contributed by atoms with Gasteiger partial charge in [0.05, 0.1) is 6.07 Å². The van der Waals surface area contributed by atoms with Crippen LogP contribution in [-0.2, 0) is 0 Å². The molecule has 0 aromatic carbocycles. The van der Waals surface area contributed by atoms with Gasteiger partial charge < -0.3 is 0 Å². The molecule has 8 heavy (non-hydrogen) atoms. The van der Waals surface area contributed by atoms with Crippen molar-refractivity contribution in [3.05, 3.63) is 23.8 Å². The Morgan fingerprint density at radius 1 is 1.50 bits per heavy atom. The number of allylic oxidation sites excluding steroid dienone is 4. The van der Waals surface area contributed by atoms with Gasteiger partial charge in [-0.2, -0.15) is 5.26 Å². The predicted molar refractivity (Wildman–Crippen MR) is 32.1 cm³/mol. The summed E-state index contributed by atoms with van der Waals surface area (Å²) in [5, 5.41) is 8.32. The molecule has 0 N–H and O–H groups in total. The average Bonchev–Trinajstić information content (AvgIpc) is 1.90. The Labute approximate surface area is 48.9 Å². The minimum Gasteiger partial charge on any atom is -0.192 e. The van der Waals surface area contributed by atoms with Gasteiger partial charge >= 0.3 is 0 Å². The Bertz CT molecular complexity index is 169. The third-order valence-electron chi connectivity index (χ3n) is 1.12. The standard InChI is InChI=1S/C7H7N/c8-6-7-4-2-1-3-5-7/h2,4-5H,1,3H2. The lowest BCUT2D eigenvalue weighted by atomic mass is 10.1. The van der Waals surface area contributed by atoms with E-state index in [1.54, 1.807) is 0 Å². The lowest BCUT2D eigenvalue weighted by Crippen LogP contribution is -1.78. The zero-order valence-corrected chi connectivity index (χ0v) is 4.59. The SMILES string of the molecule is N#CC1=CCCC=C1. The van der Waals surface area contributed by atoms with E-state index < -0.39 is 0 Å². The third-order valence-corrected chi connectivity index (χ3v) is 1.12. The van der Waals surface area contributed by atoms with E-state index >= 15 is 0 Å². The highest BCUT2D eigenvalue weighted by molar-refractivity contribution is 5.34. The molecule has 0 saturated carbocycles. The highest BCUT2D eigenvalue weighted by Gasteiger charge is 1.91. The molecule has 0 saturated heterocycles. The number of hydrogen-bond donors (Lipinski definition) is 0. The molecule has 1 aliphatic carbocycles. The fourth-order valence-corrected chi connectivity index (χ4v) is 0.696. The molecule has 0 unspecified atom stereocenters. The number of nitrogens with zero attached hydrogens (tertiary/aromatic N) is 1. The summed E-state index contributed by atoms with van der Waals surface area (Å²) < 4.78 is 0. The van der Waals surface area contributed by atoms with Crippen LogP contribution in [0.2, 0.25) is 0 Å². The highest BCUT2D eigenvalue weighted by atomic mass is 14.2. The van der Waals surface area contributed by atoms with Crippen molar-refractivity contribution < 1.29 is 0 Å². The van der Waals surface area contributed by atoms with Crippen LogP contribution in [0.15, 0.2) is 23.8 Å². The van der Waals surface area contributed by atoms with Gasteiger partial charge in [0.15, 0.2) is 0 Å². The van der Waals surface area contributed by atoms with E-state index in [1.807, 2.05) is 18.2 Å². The smallest absolute Gasteiger partial charge is 0.0988 e. The van der Waals surface area contributed by atoms with Crippen molar-refractivity contribution in [2.24, 2.45) is 0 Å². The van der Waals surface area contributed by atoms with E-state index in [2.05, 4.69) is 6.07 Å². The molecular formula is C7H7N. The van der Waals surface area contributed by atoms with Crippen molar-refractivity contribution >= 4 is 0 Å². The Balaban J connectivity index is 2.68. The van der Waals surface area contributed by atoms with Crippen molar-refractivity contribution in [1.82, 2.24) is 0 Å². The monoisotopic (exact) mass is 105 g/mol. The van der Waals surface area contributed by atoms with Crippen LogP contribution in [-0.4, -0.2) is 0 Å². The highest BCUT2D eigenvalue weighted by Crippen LogP contribution is 2.07. The summed E-state index contributed by atoms with van der Waals surface area (Å²) in [4.78, 5) is 0. The first-order chi connectivity index (χ1) is 3.93. The van der Waals surface area contributed by atoms with E-state index in [0.29, 0.717) is 0 Å². The molecule has 1 rings (SSSR count).